The van der Waals surface area contributed by atoms with E-state index in [1.807, 2.05) is 43.5 Å². The van der Waals surface area contributed by atoms with Crippen molar-refractivity contribution in [2.24, 2.45) is 0 Å². The van der Waals surface area contributed by atoms with Gasteiger partial charge in [0.05, 0.1) is 6.61 Å². The third-order valence-corrected chi connectivity index (χ3v) is 3.81. The average molecular weight is 248 g/mol. The van der Waals surface area contributed by atoms with Crippen molar-refractivity contribution in [3.05, 3.63) is 46.4 Å². The summed E-state index contributed by atoms with van der Waals surface area (Å²) in [6.45, 7) is 4.01. The molecule has 0 spiro atoms. The SMILES string of the molecule is Cc1ccccc1NC(C)(CO)c1nccs1. The van der Waals surface area contributed by atoms with Gasteiger partial charge in [0.15, 0.2) is 0 Å². The van der Waals surface area contributed by atoms with Crippen LogP contribution in [-0.2, 0) is 5.54 Å². The lowest BCUT2D eigenvalue weighted by Crippen LogP contribution is -2.36. The second-order valence-electron chi connectivity index (χ2n) is 4.27. The van der Waals surface area contributed by atoms with Gasteiger partial charge in [-0.25, -0.2) is 4.98 Å². The number of hydrogen-bond donors (Lipinski definition) is 2. The van der Waals surface area contributed by atoms with Crippen LogP contribution in [0.4, 0.5) is 5.69 Å². The number of rotatable bonds is 4. The molecule has 1 aromatic heterocycles. The first kappa shape index (κ1) is 12.1. The van der Waals surface area contributed by atoms with Crippen LogP contribution in [0.1, 0.15) is 17.5 Å². The lowest BCUT2D eigenvalue weighted by atomic mass is 10.0. The standard InChI is InChI=1S/C13H16N2OS/c1-10-5-3-4-6-11(10)15-13(2,9-16)12-14-7-8-17-12/h3-8,15-16H,9H2,1-2H3. The van der Waals surface area contributed by atoms with E-state index in [-0.39, 0.29) is 6.61 Å². The molecule has 0 saturated heterocycles. The van der Waals surface area contributed by atoms with Gasteiger partial charge in [0.25, 0.3) is 0 Å². The number of aliphatic hydroxyl groups is 1. The number of para-hydroxylation sites is 1. The van der Waals surface area contributed by atoms with Crippen LogP contribution >= 0.6 is 11.3 Å². The topological polar surface area (TPSA) is 45.1 Å². The van der Waals surface area contributed by atoms with Gasteiger partial charge in [-0.15, -0.1) is 11.3 Å². The zero-order valence-electron chi connectivity index (χ0n) is 9.97. The average Bonchev–Trinajstić information content (AvgIpc) is 2.86. The van der Waals surface area contributed by atoms with Crippen LogP contribution < -0.4 is 5.32 Å². The first-order valence-corrected chi connectivity index (χ1v) is 6.38. The number of benzene rings is 1. The first-order chi connectivity index (χ1) is 8.15. The molecule has 0 amide bonds. The second-order valence-corrected chi connectivity index (χ2v) is 5.16. The van der Waals surface area contributed by atoms with Gasteiger partial charge in [0.1, 0.15) is 10.5 Å². The minimum absolute atomic E-state index is 0.00878. The van der Waals surface area contributed by atoms with E-state index in [4.69, 9.17) is 0 Å². The Bertz CT molecular complexity index is 484. The van der Waals surface area contributed by atoms with Crippen molar-refractivity contribution in [3.63, 3.8) is 0 Å². The maximum Gasteiger partial charge on any atom is 0.120 e. The minimum atomic E-state index is -0.528. The zero-order valence-corrected chi connectivity index (χ0v) is 10.8. The number of nitrogens with zero attached hydrogens (tertiary/aromatic N) is 1. The normalized spacial score (nSPS) is 14.3. The third-order valence-electron chi connectivity index (χ3n) is 2.78. The summed E-state index contributed by atoms with van der Waals surface area (Å²) in [5.74, 6) is 0. The molecule has 0 aliphatic carbocycles. The van der Waals surface area contributed by atoms with Crippen molar-refractivity contribution in [2.75, 3.05) is 11.9 Å². The van der Waals surface area contributed by atoms with Crippen LogP contribution in [0.3, 0.4) is 0 Å². The molecule has 2 aromatic rings. The summed E-state index contributed by atoms with van der Waals surface area (Å²) in [6.07, 6.45) is 1.76. The van der Waals surface area contributed by atoms with Crippen molar-refractivity contribution in [1.82, 2.24) is 4.98 Å². The summed E-state index contributed by atoms with van der Waals surface area (Å²) in [7, 11) is 0. The van der Waals surface area contributed by atoms with Crippen molar-refractivity contribution in [2.45, 2.75) is 19.4 Å². The molecule has 0 radical (unpaired) electrons. The lowest BCUT2D eigenvalue weighted by Gasteiger charge is -2.28. The van der Waals surface area contributed by atoms with Crippen molar-refractivity contribution in [1.29, 1.82) is 0 Å². The maximum atomic E-state index is 9.61. The maximum absolute atomic E-state index is 9.61. The Hall–Kier alpha value is -1.39. The molecule has 0 bridgehead atoms. The highest BCUT2D eigenvalue weighted by Gasteiger charge is 2.28. The second kappa shape index (κ2) is 4.85. The Morgan fingerprint density at radius 1 is 1.41 bits per heavy atom. The number of aryl methyl sites for hydroxylation is 1. The number of anilines is 1. The fraction of sp³-hybridized carbons (Fsp3) is 0.308. The van der Waals surface area contributed by atoms with Crippen LogP contribution in [-0.4, -0.2) is 16.7 Å². The van der Waals surface area contributed by atoms with E-state index in [0.717, 1.165) is 16.3 Å². The van der Waals surface area contributed by atoms with Crippen LogP contribution in [0.15, 0.2) is 35.8 Å². The van der Waals surface area contributed by atoms with E-state index in [0.29, 0.717) is 0 Å². The van der Waals surface area contributed by atoms with Crippen LogP contribution in [0.25, 0.3) is 0 Å². The van der Waals surface area contributed by atoms with Crippen molar-refractivity contribution in [3.8, 4) is 0 Å². The van der Waals surface area contributed by atoms with Gasteiger partial charge in [-0.2, -0.15) is 0 Å². The van der Waals surface area contributed by atoms with Gasteiger partial charge < -0.3 is 10.4 Å². The molecule has 1 aromatic carbocycles. The third kappa shape index (κ3) is 2.48. The van der Waals surface area contributed by atoms with Crippen LogP contribution in [0, 0.1) is 6.92 Å². The van der Waals surface area contributed by atoms with E-state index >= 15 is 0 Å². The molecule has 17 heavy (non-hydrogen) atoms. The Balaban J connectivity index is 2.30. The van der Waals surface area contributed by atoms with Gasteiger partial charge >= 0.3 is 0 Å². The first-order valence-electron chi connectivity index (χ1n) is 5.50. The molecule has 1 atom stereocenters. The number of nitrogens with one attached hydrogen (secondary N) is 1. The fourth-order valence-electron chi connectivity index (χ4n) is 1.67. The van der Waals surface area contributed by atoms with Crippen LogP contribution in [0.5, 0.6) is 0 Å². The Kier molecular flexibility index (Phi) is 3.45. The lowest BCUT2D eigenvalue weighted by molar-refractivity contribution is 0.223. The van der Waals surface area contributed by atoms with E-state index in [1.54, 1.807) is 17.5 Å². The van der Waals surface area contributed by atoms with Crippen molar-refractivity contribution >= 4 is 17.0 Å². The summed E-state index contributed by atoms with van der Waals surface area (Å²) in [4.78, 5) is 4.28. The molecule has 0 aliphatic rings. The predicted octanol–water partition coefficient (Wildman–Crippen LogP) is 2.77. The molecule has 0 aliphatic heterocycles. The number of thiazole rings is 1. The molecule has 3 nitrogen and oxygen atoms in total. The minimum Gasteiger partial charge on any atom is -0.393 e. The molecular formula is C13H16N2OS. The van der Waals surface area contributed by atoms with Gasteiger partial charge in [0, 0.05) is 17.3 Å². The van der Waals surface area contributed by atoms with Gasteiger partial charge in [-0.05, 0) is 25.5 Å². The summed E-state index contributed by atoms with van der Waals surface area (Å²) in [5, 5.41) is 15.8. The molecule has 1 unspecified atom stereocenters. The van der Waals surface area contributed by atoms with Gasteiger partial charge in [-0.3, -0.25) is 0 Å². The monoisotopic (exact) mass is 248 g/mol. The van der Waals surface area contributed by atoms with E-state index in [9.17, 15) is 5.11 Å². The van der Waals surface area contributed by atoms with E-state index in [1.165, 1.54) is 0 Å². The highest BCUT2D eigenvalue weighted by atomic mass is 32.1. The molecule has 1 heterocycles. The summed E-state index contributed by atoms with van der Waals surface area (Å²) in [5.41, 5.74) is 1.66. The van der Waals surface area contributed by atoms with Gasteiger partial charge in [-0.1, -0.05) is 18.2 Å². The molecular weight excluding hydrogens is 232 g/mol. The number of aromatic nitrogens is 1. The summed E-state index contributed by atoms with van der Waals surface area (Å²) in [6, 6.07) is 8.04. The fourth-order valence-corrected chi connectivity index (χ4v) is 2.41. The number of hydrogen-bond acceptors (Lipinski definition) is 4. The molecule has 0 saturated carbocycles. The Labute approximate surface area is 105 Å². The molecule has 0 fully saturated rings. The van der Waals surface area contributed by atoms with Crippen LogP contribution in [0.2, 0.25) is 0 Å². The summed E-state index contributed by atoms with van der Waals surface area (Å²) >= 11 is 1.55. The zero-order chi connectivity index (χ0) is 12.3. The number of aliphatic hydroxyl groups excluding tert-OH is 1. The van der Waals surface area contributed by atoms with E-state index in [2.05, 4.69) is 10.3 Å². The molecule has 2 rings (SSSR count). The largest absolute Gasteiger partial charge is 0.393 e. The molecule has 90 valence electrons. The predicted molar refractivity (Wildman–Crippen MR) is 71.4 cm³/mol. The Morgan fingerprint density at radius 3 is 2.76 bits per heavy atom. The van der Waals surface area contributed by atoms with E-state index < -0.39 is 5.54 Å². The highest BCUT2D eigenvalue weighted by Crippen LogP contribution is 2.28. The Morgan fingerprint density at radius 2 is 2.18 bits per heavy atom. The highest BCUT2D eigenvalue weighted by molar-refractivity contribution is 7.09. The molecule has 4 heteroatoms. The van der Waals surface area contributed by atoms with Crippen molar-refractivity contribution < 1.29 is 5.11 Å². The summed E-state index contributed by atoms with van der Waals surface area (Å²) < 4.78 is 0. The van der Waals surface area contributed by atoms with Gasteiger partial charge in [0.2, 0.25) is 0 Å². The smallest absolute Gasteiger partial charge is 0.120 e. The quantitative estimate of drug-likeness (QED) is 0.874. The molecule has 2 N–H and O–H groups in total.